The zero-order valence-corrected chi connectivity index (χ0v) is 11.8. The molecule has 1 aromatic heterocycles. The van der Waals surface area contributed by atoms with Crippen LogP contribution in [0.15, 0.2) is 54.6 Å². The Morgan fingerprint density at radius 3 is 2.57 bits per heavy atom. The van der Waals surface area contributed by atoms with Gasteiger partial charge in [0.15, 0.2) is 0 Å². The van der Waals surface area contributed by atoms with Gasteiger partial charge in [-0.15, -0.1) is 0 Å². The number of aromatic nitrogens is 1. The van der Waals surface area contributed by atoms with Gasteiger partial charge in [-0.25, -0.2) is 9.37 Å². The van der Waals surface area contributed by atoms with Crippen LogP contribution in [0.5, 0.6) is 0 Å². The summed E-state index contributed by atoms with van der Waals surface area (Å²) in [6.45, 7) is 0.418. The molecular formula is C17H16FN3. The van der Waals surface area contributed by atoms with Gasteiger partial charge >= 0.3 is 0 Å². The molecule has 1 heterocycles. The van der Waals surface area contributed by atoms with Crippen molar-refractivity contribution >= 4 is 22.4 Å². The molecule has 0 radical (unpaired) electrons. The molecule has 0 amide bonds. The smallest absolute Gasteiger partial charge is 0.146 e. The molecule has 0 unspecified atom stereocenters. The highest BCUT2D eigenvalue weighted by Gasteiger charge is 2.12. The van der Waals surface area contributed by atoms with E-state index in [0.717, 1.165) is 16.5 Å². The summed E-state index contributed by atoms with van der Waals surface area (Å²) >= 11 is 0. The normalized spacial score (nSPS) is 10.8. The first-order valence-corrected chi connectivity index (χ1v) is 6.77. The zero-order valence-electron chi connectivity index (χ0n) is 11.8. The Kier molecular flexibility index (Phi) is 3.54. The third-order valence-electron chi connectivity index (χ3n) is 3.57. The average Bonchev–Trinajstić information content (AvgIpc) is 2.53. The number of nitrogens with two attached hydrogens (primary N) is 1. The summed E-state index contributed by atoms with van der Waals surface area (Å²) in [5, 5.41) is 1.03. The maximum Gasteiger partial charge on any atom is 0.146 e. The Hall–Kier alpha value is -2.46. The Morgan fingerprint density at radius 1 is 1.10 bits per heavy atom. The summed E-state index contributed by atoms with van der Waals surface area (Å²) in [7, 11) is 1.80. The van der Waals surface area contributed by atoms with Crippen molar-refractivity contribution in [1.82, 2.24) is 4.98 Å². The van der Waals surface area contributed by atoms with Crippen molar-refractivity contribution in [2.45, 2.75) is 6.54 Å². The van der Waals surface area contributed by atoms with E-state index in [1.807, 2.05) is 30.3 Å². The molecule has 0 bridgehead atoms. The van der Waals surface area contributed by atoms with E-state index in [9.17, 15) is 4.39 Å². The monoisotopic (exact) mass is 281 g/mol. The molecule has 0 aliphatic heterocycles. The molecule has 3 aromatic rings. The van der Waals surface area contributed by atoms with E-state index in [0.29, 0.717) is 18.1 Å². The molecule has 3 nitrogen and oxygen atoms in total. The van der Waals surface area contributed by atoms with Gasteiger partial charge in [0.1, 0.15) is 11.6 Å². The molecule has 0 spiro atoms. The van der Waals surface area contributed by atoms with Crippen LogP contribution in [0.2, 0.25) is 0 Å². The van der Waals surface area contributed by atoms with Gasteiger partial charge in [0, 0.05) is 19.0 Å². The van der Waals surface area contributed by atoms with Crippen molar-refractivity contribution in [1.29, 1.82) is 0 Å². The zero-order chi connectivity index (χ0) is 14.8. The van der Waals surface area contributed by atoms with E-state index in [4.69, 9.17) is 5.73 Å². The van der Waals surface area contributed by atoms with Gasteiger partial charge in [0.05, 0.1) is 11.2 Å². The maximum absolute atomic E-state index is 13.9. The minimum absolute atomic E-state index is 0.274. The lowest BCUT2D eigenvalue weighted by atomic mass is 10.1. The molecule has 0 atom stereocenters. The summed E-state index contributed by atoms with van der Waals surface area (Å²) < 4.78 is 13.9. The molecule has 2 aromatic carbocycles. The number of halogens is 1. The van der Waals surface area contributed by atoms with Gasteiger partial charge in [0.25, 0.3) is 0 Å². The quantitative estimate of drug-likeness (QED) is 0.797. The average molecular weight is 281 g/mol. The number of rotatable bonds is 3. The molecule has 0 saturated heterocycles. The number of hydrogen-bond donors (Lipinski definition) is 1. The van der Waals surface area contributed by atoms with Gasteiger partial charge in [-0.3, -0.25) is 0 Å². The van der Waals surface area contributed by atoms with Crippen molar-refractivity contribution in [3.05, 3.63) is 66.0 Å². The van der Waals surface area contributed by atoms with Crippen molar-refractivity contribution in [3.63, 3.8) is 0 Å². The molecule has 3 rings (SSSR count). The van der Waals surface area contributed by atoms with Crippen LogP contribution in [0.25, 0.3) is 10.9 Å². The van der Waals surface area contributed by atoms with E-state index in [2.05, 4.69) is 4.98 Å². The van der Waals surface area contributed by atoms with Crippen molar-refractivity contribution in [2.75, 3.05) is 11.9 Å². The van der Waals surface area contributed by atoms with Gasteiger partial charge in [-0.1, -0.05) is 30.3 Å². The minimum Gasteiger partial charge on any atom is -0.327 e. The first-order chi connectivity index (χ1) is 10.2. The van der Waals surface area contributed by atoms with Gasteiger partial charge in [-0.2, -0.15) is 0 Å². The predicted molar refractivity (Wildman–Crippen MR) is 84.1 cm³/mol. The summed E-state index contributed by atoms with van der Waals surface area (Å²) in [5.41, 5.74) is 8.18. The lowest BCUT2D eigenvalue weighted by Crippen LogP contribution is -2.14. The van der Waals surface area contributed by atoms with Gasteiger partial charge in [-0.05, 0) is 29.8 Å². The second-order valence-electron chi connectivity index (χ2n) is 4.87. The van der Waals surface area contributed by atoms with E-state index >= 15 is 0 Å². The van der Waals surface area contributed by atoms with Crippen LogP contribution in [-0.4, -0.2) is 12.0 Å². The number of anilines is 2. The van der Waals surface area contributed by atoms with Crippen LogP contribution in [0.4, 0.5) is 15.9 Å². The van der Waals surface area contributed by atoms with Gasteiger partial charge < -0.3 is 10.6 Å². The Labute approximate surface area is 122 Å². The maximum atomic E-state index is 13.9. The third kappa shape index (κ3) is 2.45. The van der Waals surface area contributed by atoms with Crippen LogP contribution in [0.3, 0.4) is 0 Å². The highest BCUT2D eigenvalue weighted by atomic mass is 19.1. The molecule has 2 N–H and O–H groups in total. The standard InChI is InChI=1S/C17H16FN3/c1-21(16-9-5-3-7-14(16)18)17-10-12(11-19)13-6-2-4-8-15(13)20-17/h2-10H,11,19H2,1H3. The molecule has 4 heteroatoms. The van der Waals surface area contributed by atoms with Gasteiger partial charge in [0.2, 0.25) is 0 Å². The lowest BCUT2D eigenvalue weighted by molar-refractivity contribution is 0.627. The minimum atomic E-state index is -0.274. The molecule has 0 fully saturated rings. The summed E-state index contributed by atoms with van der Waals surface area (Å²) in [6, 6.07) is 16.4. The van der Waals surface area contributed by atoms with Crippen molar-refractivity contribution in [3.8, 4) is 0 Å². The van der Waals surface area contributed by atoms with Crippen LogP contribution in [0, 0.1) is 5.82 Å². The second-order valence-corrected chi connectivity index (χ2v) is 4.87. The van der Waals surface area contributed by atoms with Crippen molar-refractivity contribution in [2.24, 2.45) is 5.73 Å². The largest absolute Gasteiger partial charge is 0.327 e. The number of hydrogen-bond acceptors (Lipinski definition) is 3. The fourth-order valence-corrected chi connectivity index (χ4v) is 2.42. The summed E-state index contributed by atoms with van der Waals surface area (Å²) in [6.07, 6.45) is 0. The Balaban J connectivity index is 2.14. The Bertz CT molecular complexity index is 786. The fourth-order valence-electron chi connectivity index (χ4n) is 2.42. The molecule has 0 aliphatic rings. The molecule has 0 saturated carbocycles. The van der Waals surface area contributed by atoms with Crippen LogP contribution in [0.1, 0.15) is 5.56 Å². The van der Waals surface area contributed by atoms with E-state index < -0.39 is 0 Å². The lowest BCUT2D eigenvalue weighted by Gasteiger charge is -2.20. The van der Waals surface area contributed by atoms with Crippen LogP contribution in [-0.2, 0) is 6.54 Å². The highest BCUT2D eigenvalue weighted by molar-refractivity contribution is 5.84. The summed E-state index contributed by atoms with van der Waals surface area (Å²) in [4.78, 5) is 6.34. The first-order valence-electron chi connectivity index (χ1n) is 6.77. The van der Waals surface area contributed by atoms with Crippen molar-refractivity contribution < 1.29 is 4.39 Å². The van der Waals surface area contributed by atoms with Crippen LogP contribution < -0.4 is 10.6 Å². The predicted octanol–water partition coefficient (Wildman–Crippen LogP) is 3.60. The molecular weight excluding hydrogens is 265 g/mol. The molecule has 21 heavy (non-hydrogen) atoms. The Morgan fingerprint density at radius 2 is 1.81 bits per heavy atom. The summed E-state index contributed by atoms with van der Waals surface area (Å²) in [5.74, 6) is 0.406. The molecule has 0 aliphatic carbocycles. The molecule has 106 valence electrons. The topological polar surface area (TPSA) is 42.1 Å². The van der Waals surface area contributed by atoms with Crippen LogP contribution >= 0.6 is 0 Å². The number of nitrogens with zero attached hydrogens (tertiary/aromatic N) is 2. The number of benzene rings is 2. The van der Waals surface area contributed by atoms with E-state index in [1.165, 1.54) is 6.07 Å². The SMILES string of the molecule is CN(c1cc(CN)c2ccccc2n1)c1ccccc1F. The first kappa shape index (κ1) is 13.5. The number of para-hydroxylation sites is 2. The highest BCUT2D eigenvalue weighted by Crippen LogP contribution is 2.28. The third-order valence-corrected chi connectivity index (χ3v) is 3.57. The number of fused-ring (bicyclic) bond motifs is 1. The van der Waals surface area contributed by atoms with E-state index in [1.54, 1.807) is 30.1 Å². The fraction of sp³-hybridized carbons (Fsp3) is 0.118. The number of pyridine rings is 1. The second kappa shape index (κ2) is 5.50. The van der Waals surface area contributed by atoms with E-state index in [-0.39, 0.29) is 5.82 Å².